The van der Waals surface area contributed by atoms with Gasteiger partial charge in [0.1, 0.15) is 17.4 Å². The second-order valence-corrected chi connectivity index (χ2v) is 4.63. The fourth-order valence-electron chi connectivity index (χ4n) is 1.79. The highest BCUT2D eigenvalue weighted by atomic mass is 35.5. The zero-order chi connectivity index (χ0) is 14.0. The summed E-state index contributed by atoms with van der Waals surface area (Å²) in [5.41, 5.74) is 0.593. The number of phenolic OH excluding ortho intramolecular Hbond substituents is 1. The Morgan fingerprint density at radius 3 is 2.58 bits per heavy atom. The fourth-order valence-corrected chi connectivity index (χ4v) is 1.95. The van der Waals surface area contributed by atoms with E-state index in [-0.39, 0.29) is 11.4 Å². The molecule has 0 aliphatic rings. The standard InChI is InChI=1S/C14H12ClF2NO/c1-8(11-7-10(16)3-5-14(11)19)18-13-4-2-9(15)6-12(13)17/h2-8,18-19H,1H3. The van der Waals surface area contributed by atoms with Crippen molar-refractivity contribution in [2.75, 3.05) is 5.32 Å². The molecular formula is C14H12ClF2NO. The second-order valence-electron chi connectivity index (χ2n) is 4.19. The first-order valence-electron chi connectivity index (χ1n) is 5.67. The lowest BCUT2D eigenvalue weighted by Gasteiger charge is -2.17. The van der Waals surface area contributed by atoms with Gasteiger partial charge in [0.05, 0.1) is 11.7 Å². The first-order valence-corrected chi connectivity index (χ1v) is 6.05. The number of hydrogen-bond donors (Lipinski definition) is 2. The average molecular weight is 284 g/mol. The number of halogens is 3. The summed E-state index contributed by atoms with van der Waals surface area (Å²) in [5, 5.41) is 12.8. The molecule has 0 radical (unpaired) electrons. The highest BCUT2D eigenvalue weighted by molar-refractivity contribution is 6.30. The predicted octanol–water partition coefficient (Wildman–Crippen LogP) is 4.50. The third-order valence-corrected chi connectivity index (χ3v) is 2.99. The van der Waals surface area contributed by atoms with Crippen LogP contribution < -0.4 is 5.32 Å². The molecule has 0 saturated heterocycles. The van der Waals surface area contributed by atoms with Crippen LogP contribution in [0.5, 0.6) is 5.75 Å². The summed E-state index contributed by atoms with van der Waals surface area (Å²) < 4.78 is 26.8. The third-order valence-electron chi connectivity index (χ3n) is 2.76. The molecule has 0 heterocycles. The Morgan fingerprint density at radius 2 is 1.89 bits per heavy atom. The first-order chi connectivity index (χ1) is 8.97. The van der Waals surface area contributed by atoms with Gasteiger partial charge < -0.3 is 10.4 Å². The van der Waals surface area contributed by atoms with Crippen LogP contribution in [-0.4, -0.2) is 5.11 Å². The number of rotatable bonds is 3. The molecule has 2 N–H and O–H groups in total. The van der Waals surface area contributed by atoms with E-state index in [4.69, 9.17) is 11.6 Å². The highest BCUT2D eigenvalue weighted by Crippen LogP contribution is 2.29. The topological polar surface area (TPSA) is 32.3 Å². The van der Waals surface area contributed by atoms with Gasteiger partial charge in [0.15, 0.2) is 0 Å². The van der Waals surface area contributed by atoms with Gasteiger partial charge in [-0.25, -0.2) is 8.78 Å². The van der Waals surface area contributed by atoms with Crippen molar-refractivity contribution in [3.8, 4) is 5.75 Å². The Hall–Kier alpha value is -1.81. The normalized spacial score (nSPS) is 12.2. The molecule has 2 nitrogen and oxygen atoms in total. The Morgan fingerprint density at radius 1 is 1.16 bits per heavy atom. The molecule has 0 bridgehead atoms. The van der Waals surface area contributed by atoms with E-state index in [2.05, 4.69) is 5.32 Å². The summed E-state index contributed by atoms with van der Waals surface area (Å²) in [5.74, 6) is -1.01. The van der Waals surface area contributed by atoms with Crippen LogP contribution in [-0.2, 0) is 0 Å². The largest absolute Gasteiger partial charge is 0.508 e. The van der Waals surface area contributed by atoms with Crippen LogP contribution in [0.3, 0.4) is 0 Å². The molecule has 0 aliphatic carbocycles. The Bertz CT molecular complexity index is 604. The van der Waals surface area contributed by atoms with Gasteiger partial charge in [-0.2, -0.15) is 0 Å². The summed E-state index contributed by atoms with van der Waals surface area (Å²) in [4.78, 5) is 0. The number of nitrogens with one attached hydrogen (secondary N) is 1. The molecule has 19 heavy (non-hydrogen) atoms. The molecule has 0 spiro atoms. The summed E-state index contributed by atoms with van der Waals surface area (Å²) in [7, 11) is 0. The first kappa shape index (κ1) is 13.6. The van der Waals surface area contributed by atoms with E-state index < -0.39 is 17.7 Å². The molecule has 2 aromatic rings. The van der Waals surface area contributed by atoms with Crippen molar-refractivity contribution < 1.29 is 13.9 Å². The zero-order valence-corrected chi connectivity index (χ0v) is 10.9. The molecule has 0 saturated carbocycles. The van der Waals surface area contributed by atoms with Crippen molar-refractivity contribution >= 4 is 17.3 Å². The summed E-state index contributed by atoms with van der Waals surface area (Å²) in [6, 6.07) is 7.40. The monoisotopic (exact) mass is 283 g/mol. The van der Waals surface area contributed by atoms with Crippen molar-refractivity contribution in [3.05, 3.63) is 58.6 Å². The van der Waals surface area contributed by atoms with Crippen molar-refractivity contribution in [1.82, 2.24) is 0 Å². The minimum Gasteiger partial charge on any atom is -0.508 e. The Labute approximate surface area is 114 Å². The van der Waals surface area contributed by atoms with Crippen LogP contribution in [0.15, 0.2) is 36.4 Å². The van der Waals surface area contributed by atoms with Gasteiger partial charge in [-0.1, -0.05) is 11.6 Å². The summed E-state index contributed by atoms with van der Waals surface area (Å²) >= 11 is 5.66. The predicted molar refractivity (Wildman–Crippen MR) is 71.5 cm³/mol. The van der Waals surface area contributed by atoms with E-state index in [1.807, 2.05) is 0 Å². The van der Waals surface area contributed by atoms with Gasteiger partial charge in [0.25, 0.3) is 0 Å². The summed E-state index contributed by atoms with van der Waals surface area (Å²) in [6.07, 6.45) is 0. The molecule has 5 heteroatoms. The van der Waals surface area contributed by atoms with E-state index in [0.717, 1.165) is 6.07 Å². The lowest BCUT2D eigenvalue weighted by atomic mass is 10.1. The van der Waals surface area contributed by atoms with Gasteiger partial charge in [-0.3, -0.25) is 0 Å². The number of hydrogen-bond acceptors (Lipinski definition) is 2. The maximum Gasteiger partial charge on any atom is 0.147 e. The highest BCUT2D eigenvalue weighted by Gasteiger charge is 2.13. The average Bonchev–Trinajstić information content (AvgIpc) is 2.35. The third kappa shape index (κ3) is 3.15. The van der Waals surface area contributed by atoms with Gasteiger partial charge >= 0.3 is 0 Å². The van der Waals surface area contributed by atoms with E-state index in [1.165, 1.54) is 24.3 Å². The maximum atomic E-state index is 13.6. The maximum absolute atomic E-state index is 13.6. The van der Waals surface area contributed by atoms with Crippen molar-refractivity contribution in [2.45, 2.75) is 13.0 Å². The molecule has 0 fully saturated rings. The van der Waals surface area contributed by atoms with Crippen LogP contribution in [0, 0.1) is 11.6 Å². The molecule has 1 atom stereocenters. The van der Waals surface area contributed by atoms with Crippen LogP contribution in [0.1, 0.15) is 18.5 Å². The number of benzene rings is 2. The molecule has 2 rings (SSSR count). The van der Waals surface area contributed by atoms with Gasteiger partial charge in [0.2, 0.25) is 0 Å². The van der Waals surface area contributed by atoms with E-state index in [1.54, 1.807) is 13.0 Å². The van der Waals surface area contributed by atoms with Crippen LogP contribution in [0.4, 0.5) is 14.5 Å². The van der Waals surface area contributed by atoms with Crippen molar-refractivity contribution in [3.63, 3.8) is 0 Å². The quantitative estimate of drug-likeness (QED) is 0.869. The van der Waals surface area contributed by atoms with E-state index in [0.29, 0.717) is 10.6 Å². The number of aromatic hydroxyl groups is 1. The molecule has 2 aromatic carbocycles. The Kier molecular flexibility index (Phi) is 3.90. The lowest BCUT2D eigenvalue weighted by Crippen LogP contribution is -2.08. The molecular weight excluding hydrogens is 272 g/mol. The van der Waals surface area contributed by atoms with Crippen molar-refractivity contribution in [2.24, 2.45) is 0 Å². The smallest absolute Gasteiger partial charge is 0.147 e. The van der Waals surface area contributed by atoms with E-state index >= 15 is 0 Å². The van der Waals surface area contributed by atoms with Crippen LogP contribution in [0.25, 0.3) is 0 Å². The molecule has 100 valence electrons. The van der Waals surface area contributed by atoms with Gasteiger partial charge in [-0.05, 0) is 43.3 Å². The Balaban J connectivity index is 2.25. The molecule has 1 unspecified atom stereocenters. The SMILES string of the molecule is CC(Nc1ccc(Cl)cc1F)c1cc(F)ccc1O. The lowest BCUT2D eigenvalue weighted by molar-refractivity contribution is 0.462. The fraction of sp³-hybridized carbons (Fsp3) is 0.143. The second kappa shape index (κ2) is 5.45. The summed E-state index contributed by atoms with van der Waals surface area (Å²) in [6.45, 7) is 1.70. The zero-order valence-electron chi connectivity index (χ0n) is 10.1. The van der Waals surface area contributed by atoms with Crippen LogP contribution >= 0.6 is 11.6 Å². The van der Waals surface area contributed by atoms with E-state index in [9.17, 15) is 13.9 Å². The molecule has 0 amide bonds. The molecule has 0 aromatic heterocycles. The van der Waals surface area contributed by atoms with Crippen molar-refractivity contribution in [1.29, 1.82) is 0 Å². The van der Waals surface area contributed by atoms with Crippen LogP contribution in [0.2, 0.25) is 5.02 Å². The minimum atomic E-state index is -0.504. The minimum absolute atomic E-state index is 0.0456. The number of phenols is 1. The molecule has 0 aliphatic heterocycles. The van der Waals surface area contributed by atoms with Gasteiger partial charge in [0, 0.05) is 10.6 Å². The number of anilines is 1. The van der Waals surface area contributed by atoms with Gasteiger partial charge in [-0.15, -0.1) is 0 Å².